The monoisotopic (exact) mass is 358 g/mol. The van der Waals surface area contributed by atoms with Crippen molar-refractivity contribution in [1.82, 2.24) is 0 Å². The molecule has 0 bridgehead atoms. The molecule has 3 nitrogen and oxygen atoms in total. The summed E-state index contributed by atoms with van der Waals surface area (Å²) in [4.78, 5) is 0. The molecular weight excluding hydrogens is 346 g/mol. The summed E-state index contributed by atoms with van der Waals surface area (Å²) in [6.07, 6.45) is -0.0966. The zero-order valence-electron chi connectivity index (χ0n) is 13.3. The van der Waals surface area contributed by atoms with Crippen molar-refractivity contribution in [1.29, 1.82) is 10.5 Å². The summed E-state index contributed by atoms with van der Waals surface area (Å²) in [6.45, 7) is 1.67. The van der Waals surface area contributed by atoms with Gasteiger partial charge in [-0.15, -0.1) is 0 Å². The fourth-order valence-electron chi connectivity index (χ4n) is 3.56. The molecule has 0 amide bonds. The first kappa shape index (κ1) is 17.4. The SMILES string of the molecule is Cc1c([C@H]2CC[C@@H](O)c3cc(F)cc(C#N)c32)cc(F)c(Cl)c1C#N. The molecule has 0 radical (unpaired) electrons. The second-order valence-corrected chi connectivity index (χ2v) is 6.47. The highest BCUT2D eigenvalue weighted by atomic mass is 35.5. The van der Waals surface area contributed by atoms with Crippen LogP contribution in [0.15, 0.2) is 18.2 Å². The van der Waals surface area contributed by atoms with Crippen molar-refractivity contribution in [3.63, 3.8) is 0 Å². The molecule has 0 saturated heterocycles. The molecule has 3 rings (SSSR count). The Kier molecular flexibility index (Phi) is 4.47. The summed E-state index contributed by atoms with van der Waals surface area (Å²) in [5.41, 5.74) is 2.01. The van der Waals surface area contributed by atoms with Gasteiger partial charge in [0.15, 0.2) is 0 Å². The van der Waals surface area contributed by atoms with Crippen LogP contribution in [0.25, 0.3) is 0 Å². The van der Waals surface area contributed by atoms with Crippen LogP contribution in [0.3, 0.4) is 0 Å². The summed E-state index contributed by atoms with van der Waals surface area (Å²) in [5.74, 6) is -1.74. The van der Waals surface area contributed by atoms with E-state index in [1.165, 1.54) is 12.1 Å². The predicted octanol–water partition coefficient (Wildman–Crippen LogP) is 4.63. The second-order valence-electron chi connectivity index (χ2n) is 6.09. The van der Waals surface area contributed by atoms with Crippen LogP contribution in [0.5, 0.6) is 0 Å². The molecule has 126 valence electrons. The van der Waals surface area contributed by atoms with Gasteiger partial charge >= 0.3 is 0 Å². The number of hydrogen-bond donors (Lipinski definition) is 1. The normalized spacial score (nSPS) is 19.0. The summed E-state index contributed by atoms with van der Waals surface area (Å²) in [5, 5.41) is 28.6. The van der Waals surface area contributed by atoms with Crippen molar-refractivity contribution < 1.29 is 13.9 Å². The minimum absolute atomic E-state index is 0.0463. The number of nitrogens with zero attached hydrogens (tertiary/aromatic N) is 2. The van der Waals surface area contributed by atoms with E-state index >= 15 is 0 Å². The van der Waals surface area contributed by atoms with Crippen LogP contribution >= 0.6 is 11.6 Å². The summed E-state index contributed by atoms with van der Waals surface area (Å²) < 4.78 is 28.0. The predicted molar refractivity (Wildman–Crippen MR) is 88.0 cm³/mol. The van der Waals surface area contributed by atoms with Crippen molar-refractivity contribution in [2.45, 2.75) is 31.8 Å². The Hall–Kier alpha value is -2.47. The average molecular weight is 359 g/mol. The fourth-order valence-corrected chi connectivity index (χ4v) is 3.80. The summed E-state index contributed by atoms with van der Waals surface area (Å²) in [6, 6.07) is 7.44. The highest BCUT2D eigenvalue weighted by Gasteiger charge is 2.32. The summed E-state index contributed by atoms with van der Waals surface area (Å²) in [7, 11) is 0. The maximum atomic E-state index is 14.2. The topological polar surface area (TPSA) is 67.8 Å². The van der Waals surface area contributed by atoms with Crippen LogP contribution in [0.2, 0.25) is 5.02 Å². The first-order chi connectivity index (χ1) is 11.9. The first-order valence-corrected chi connectivity index (χ1v) is 8.06. The molecule has 0 fully saturated rings. The molecule has 2 aromatic carbocycles. The minimum atomic E-state index is -0.887. The van der Waals surface area contributed by atoms with Crippen LogP contribution in [0.1, 0.15) is 58.2 Å². The molecule has 6 heteroatoms. The Morgan fingerprint density at radius 3 is 2.48 bits per heavy atom. The van der Waals surface area contributed by atoms with E-state index in [1.54, 1.807) is 6.92 Å². The lowest BCUT2D eigenvalue weighted by Gasteiger charge is -2.31. The van der Waals surface area contributed by atoms with Crippen LogP contribution in [0.4, 0.5) is 8.78 Å². The highest BCUT2D eigenvalue weighted by Crippen LogP contribution is 2.45. The van der Waals surface area contributed by atoms with E-state index in [1.807, 2.05) is 12.1 Å². The van der Waals surface area contributed by atoms with Gasteiger partial charge in [-0.1, -0.05) is 11.6 Å². The molecule has 0 aliphatic heterocycles. The van der Waals surface area contributed by atoms with Crippen LogP contribution < -0.4 is 0 Å². The molecule has 0 aromatic heterocycles. The first-order valence-electron chi connectivity index (χ1n) is 7.69. The number of fused-ring (bicyclic) bond motifs is 1. The fraction of sp³-hybridized carbons (Fsp3) is 0.263. The van der Waals surface area contributed by atoms with Crippen molar-refractivity contribution >= 4 is 11.6 Å². The third-order valence-corrected chi connectivity index (χ3v) is 5.11. The Balaban J connectivity index is 2.30. The zero-order valence-corrected chi connectivity index (χ0v) is 14.0. The minimum Gasteiger partial charge on any atom is -0.388 e. The second kappa shape index (κ2) is 6.44. The number of nitriles is 2. The number of aliphatic hydroxyl groups is 1. The number of hydrogen-bond acceptors (Lipinski definition) is 3. The van der Waals surface area contributed by atoms with E-state index < -0.39 is 23.7 Å². The van der Waals surface area contributed by atoms with Gasteiger partial charge in [-0.05, 0) is 60.2 Å². The molecule has 2 aromatic rings. The Morgan fingerprint density at radius 2 is 1.84 bits per heavy atom. The smallest absolute Gasteiger partial charge is 0.143 e. The van der Waals surface area contributed by atoms with Crippen LogP contribution in [-0.4, -0.2) is 5.11 Å². The molecule has 25 heavy (non-hydrogen) atoms. The maximum Gasteiger partial charge on any atom is 0.143 e. The molecular formula is C19H13ClF2N2O. The lowest BCUT2D eigenvalue weighted by atomic mass is 9.74. The molecule has 0 unspecified atom stereocenters. The van der Waals surface area contributed by atoms with Crippen molar-refractivity contribution in [2.75, 3.05) is 0 Å². The highest BCUT2D eigenvalue weighted by molar-refractivity contribution is 6.32. The van der Waals surface area contributed by atoms with Gasteiger partial charge in [-0.25, -0.2) is 8.78 Å². The molecule has 0 spiro atoms. The lowest BCUT2D eigenvalue weighted by Crippen LogP contribution is -2.19. The molecule has 0 heterocycles. The van der Waals surface area contributed by atoms with Crippen molar-refractivity contribution in [2.24, 2.45) is 0 Å². The number of halogens is 3. The maximum absolute atomic E-state index is 14.2. The van der Waals surface area contributed by atoms with E-state index in [0.29, 0.717) is 35.1 Å². The van der Waals surface area contributed by atoms with Gasteiger partial charge in [0.2, 0.25) is 0 Å². The molecule has 1 aliphatic carbocycles. The summed E-state index contributed by atoms with van der Waals surface area (Å²) >= 11 is 5.87. The third kappa shape index (κ3) is 2.76. The molecule has 1 aliphatic rings. The zero-order chi connectivity index (χ0) is 18.3. The van der Waals surface area contributed by atoms with E-state index in [9.17, 15) is 24.4 Å². The van der Waals surface area contributed by atoms with Crippen molar-refractivity contribution in [3.05, 3.63) is 68.2 Å². The Bertz CT molecular complexity index is 960. The van der Waals surface area contributed by atoms with Gasteiger partial charge < -0.3 is 5.11 Å². The standard InChI is InChI=1S/C19H13ClF2N2O/c1-9-13(6-16(22)19(20)15(9)8-24)12-2-3-17(25)14-5-11(21)4-10(7-23)18(12)14/h4-6,12,17,25H,2-3H2,1H3/t12-,17-/m1/s1. The van der Waals surface area contributed by atoms with Gasteiger partial charge in [0.05, 0.1) is 28.3 Å². The quantitative estimate of drug-likeness (QED) is 0.808. The molecule has 1 N–H and O–H groups in total. The number of aliphatic hydroxyl groups excluding tert-OH is 1. The Labute approximate surface area is 148 Å². The number of rotatable bonds is 1. The van der Waals surface area contributed by atoms with Crippen LogP contribution in [0, 0.1) is 41.2 Å². The lowest BCUT2D eigenvalue weighted by molar-refractivity contribution is 0.152. The molecule has 2 atom stereocenters. The van der Waals surface area contributed by atoms with Crippen molar-refractivity contribution in [3.8, 4) is 12.1 Å². The molecule has 0 saturated carbocycles. The van der Waals surface area contributed by atoms with Gasteiger partial charge in [-0.2, -0.15) is 10.5 Å². The van der Waals surface area contributed by atoms with E-state index in [-0.39, 0.29) is 16.1 Å². The van der Waals surface area contributed by atoms with Gasteiger partial charge in [-0.3, -0.25) is 0 Å². The Morgan fingerprint density at radius 1 is 1.12 bits per heavy atom. The van der Waals surface area contributed by atoms with Crippen LogP contribution in [-0.2, 0) is 0 Å². The van der Waals surface area contributed by atoms with E-state index in [2.05, 4.69) is 0 Å². The number of benzene rings is 2. The van der Waals surface area contributed by atoms with Gasteiger partial charge in [0.25, 0.3) is 0 Å². The largest absolute Gasteiger partial charge is 0.388 e. The van der Waals surface area contributed by atoms with E-state index in [4.69, 9.17) is 11.6 Å². The van der Waals surface area contributed by atoms with Gasteiger partial charge in [0, 0.05) is 5.92 Å². The average Bonchev–Trinajstić information content (AvgIpc) is 2.59. The third-order valence-electron chi connectivity index (χ3n) is 4.74. The van der Waals surface area contributed by atoms with Gasteiger partial charge in [0.1, 0.15) is 17.7 Å². The van der Waals surface area contributed by atoms with E-state index in [0.717, 1.165) is 6.07 Å².